The number of Topliss-reactive ketones (excluding diaryl/α,β-unsaturated/α-hetero) is 1. The summed E-state index contributed by atoms with van der Waals surface area (Å²) in [5.41, 5.74) is 0.583. The minimum absolute atomic E-state index is 0.0316. The molecule has 126 valence electrons. The third-order valence-corrected chi connectivity index (χ3v) is 3.11. The van der Waals surface area contributed by atoms with Gasteiger partial charge in [-0.25, -0.2) is 0 Å². The van der Waals surface area contributed by atoms with Crippen molar-refractivity contribution in [2.45, 2.75) is 6.92 Å². The molecule has 0 spiro atoms. The Morgan fingerprint density at radius 1 is 1.04 bits per heavy atom. The van der Waals surface area contributed by atoms with Gasteiger partial charge in [0.05, 0.1) is 6.26 Å². The lowest BCUT2D eigenvalue weighted by Gasteiger charge is -2.08. The van der Waals surface area contributed by atoms with Gasteiger partial charge in [0.2, 0.25) is 0 Å². The number of carbonyl (C=O) groups excluding carboxylic acids is 3. The molecule has 0 saturated heterocycles. The Labute approximate surface area is 139 Å². The van der Waals surface area contributed by atoms with Crippen LogP contribution < -0.4 is 15.4 Å². The maximum absolute atomic E-state index is 11.6. The molecular formula is C17H18N2O5. The van der Waals surface area contributed by atoms with Crippen LogP contribution in [0.15, 0.2) is 47.1 Å². The fraction of sp³-hybridized carbons (Fsp3) is 0.235. The van der Waals surface area contributed by atoms with Gasteiger partial charge in [-0.3, -0.25) is 14.4 Å². The maximum Gasteiger partial charge on any atom is 0.287 e. The van der Waals surface area contributed by atoms with E-state index in [4.69, 9.17) is 9.15 Å². The summed E-state index contributed by atoms with van der Waals surface area (Å²) in [7, 11) is 0. The van der Waals surface area contributed by atoms with Crippen LogP contribution in [0.25, 0.3) is 0 Å². The van der Waals surface area contributed by atoms with Crippen LogP contribution in [0.4, 0.5) is 0 Å². The van der Waals surface area contributed by atoms with Gasteiger partial charge < -0.3 is 19.8 Å². The van der Waals surface area contributed by atoms with Gasteiger partial charge >= 0.3 is 0 Å². The second-order valence-corrected chi connectivity index (χ2v) is 4.95. The van der Waals surface area contributed by atoms with E-state index in [2.05, 4.69) is 10.6 Å². The van der Waals surface area contributed by atoms with Crippen LogP contribution in [0, 0.1) is 0 Å². The summed E-state index contributed by atoms with van der Waals surface area (Å²) in [4.78, 5) is 34.4. The molecule has 1 aromatic carbocycles. The molecule has 24 heavy (non-hydrogen) atoms. The molecule has 7 heteroatoms. The average Bonchev–Trinajstić information content (AvgIpc) is 3.11. The van der Waals surface area contributed by atoms with E-state index < -0.39 is 0 Å². The zero-order chi connectivity index (χ0) is 17.4. The van der Waals surface area contributed by atoms with E-state index in [1.54, 1.807) is 36.4 Å². The molecule has 2 rings (SSSR count). The van der Waals surface area contributed by atoms with E-state index in [1.165, 1.54) is 13.2 Å². The van der Waals surface area contributed by atoms with Crippen LogP contribution in [0.2, 0.25) is 0 Å². The van der Waals surface area contributed by atoms with Crippen molar-refractivity contribution in [3.8, 4) is 5.75 Å². The van der Waals surface area contributed by atoms with Crippen molar-refractivity contribution >= 4 is 17.6 Å². The number of ether oxygens (including phenoxy) is 1. The van der Waals surface area contributed by atoms with Crippen LogP contribution in [0.1, 0.15) is 27.8 Å². The second kappa shape index (κ2) is 8.52. The van der Waals surface area contributed by atoms with Crippen LogP contribution in [0.5, 0.6) is 5.75 Å². The van der Waals surface area contributed by atoms with Gasteiger partial charge in [-0.2, -0.15) is 0 Å². The normalized spacial score (nSPS) is 10.0. The Morgan fingerprint density at radius 2 is 1.75 bits per heavy atom. The van der Waals surface area contributed by atoms with Crippen LogP contribution >= 0.6 is 0 Å². The Balaban J connectivity index is 1.63. The molecule has 0 atom stereocenters. The molecule has 1 aromatic heterocycles. The van der Waals surface area contributed by atoms with Crippen molar-refractivity contribution in [3.05, 3.63) is 54.0 Å². The molecule has 0 aliphatic rings. The Morgan fingerprint density at radius 3 is 2.38 bits per heavy atom. The fourth-order valence-corrected chi connectivity index (χ4v) is 1.86. The minimum Gasteiger partial charge on any atom is -0.484 e. The maximum atomic E-state index is 11.6. The van der Waals surface area contributed by atoms with Crippen molar-refractivity contribution < 1.29 is 23.5 Å². The Bertz CT molecular complexity index is 692. The summed E-state index contributed by atoms with van der Waals surface area (Å²) in [5.74, 6) is 0.0461. The predicted octanol–water partition coefficient (Wildman–Crippen LogP) is 1.41. The summed E-state index contributed by atoms with van der Waals surface area (Å²) < 4.78 is 10.3. The van der Waals surface area contributed by atoms with Gasteiger partial charge in [0, 0.05) is 18.7 Å². The van der Waals surface area contributed by atoms with Crippen molar-refractivity contribution in [2.75, 3.05) is 19.7 Å². The van der Waals surface area contributed by atoms with Crippen molar-refractivity contribution in [1.29, 1.82) is 0 Å². The highest BCUT2D eigenvalue weighted by atomic mass is 16.5. The molecule has 2 aromatic rings. The molecule has 0 saturated carbocycles. The average molecular weight is 330 g/mol. The number of rotatable bonds is 8. The van der Waals surface area contributed by atoms with Crippen molar-refractivity contribution in [1.82, 2.24) is 10.6 Å². The first-order chi connectivity index (χ1) is 11.6. The number of nitrogens with one attached hydrogen (secondary N) is 2. The van der Waals surface area contributed by atoms with Gasteiger partial charge in [-0.15, -0.1) is 0 Å². The molecule has 2 N–H and O–H groups in total. The smallest absolute Gasteiger partial charge is 0.287 e. The third kappa shape index (κ3) is 5.28. The number of benzene rings is 1. The lowest BCUT2D eigenvalue weighted by atomic mass is 10.1. The van der Waals surface area contributed by atoms with E-state index in [0.29, 0.717) is 11.3 Å². The Hall–Kier alpha value is -3.09. The van der Waals surface area contributed by atoms with E-state index in [9.17, 15) is 14.4 Å². The zero-order valence-corrected chi connectivity index (χ0v) is 13.2. The SMILES string of the molecule is CC(=O)c1ccc(OCC(=O)NCCNC(=O)c2ccco2)cc1. The summed E-state index contributed by atoms with van der Waals surface area (Å²) in [6.07, 6.45) is 1.41. The number of hydrogen-bond donors (Lipinski definition) is 2. The highest BCUT2D eigenvalue weighted by Gasteiger charge is 2.08. The monoisotopic (exact) mass is 330 g/mol. The van der Waals surface area contributed by atoms with Crippen LogP contribution in [0.3, 0.4) is 0 Å². The molecule has 0 fully saturated rings. The molecular weight excluding hydrogens is 312 g/mol. The first kappa shape index (κ1) is 17.3. The van der Waals surface area contributed by atoms with Gasteiger partial charge in [-0.05, 0) is 43.3 Å². The fourth-order valence-electron chi connectivity index (χ4n) is 1.86. The largest absolute Gasteiger partial charge is 0.484 e. The van der Waals surface area contributed by atoms with E-state index >= 15 is 0 Å². The van der Waals surface area contributed by atoms with Gasteiger partial charge in [0.15, 0.2) is 18.2 Å². The highest BCUT2D eigenvalue weighted by Crippen LogP contribution is 2.12. The molecule has 0 radical (unpaired) electrons. The molecule has 0 unspecified atom stereocenters. The van der Waals surface area contributed by atoms with Crippen molar-refractivity contribution in [3.63, 3.8) is 0 Å². The number of ketones is 1. The lowest BCUT2D eigenvalue weighted by molar-refractivity contribution is -0.123. The minimum atomic E-state index is -0.337. The molecule has 0 bridgehead atoms. The van der Waals surface area contributed by atoms with Crippen LogP contribution in [-0.2, 0) is 4.79 Å². The van der Waals surface area contributed by atoms with Gasteiger partial charge in [0.25, 0.3) is 11.8 Å². The topological polar surface area (TPSA) is 97.6 Å². The lowest BCUT2D eigenvalue weighted by Crippen LogP contribution is -2.36. The summed E-state index contributed by atoms with van der Waals surface area (Å²) >= 11 is 0. The molecule has 2 amide bonds. The van der Waals surface area contributed by atoms with Gasteiger partial charge in [-0.1, -0.05) is 0 Å². The quantitative estimate of drug-likeness (QED) is 0.563. The van der Waals surface area contributed by atoms with E-state index in [1.807, 2.05) is 0 Å². The first-order valence-corrected chi connectivity index (χ1v) is 7.38. The first-order valence-electron chi connectivity index (χ1n) is 7.38. The highest BCUT2D eigenvalue weighted by molar-refractivity contribution is 5.94. The number of carbonyl (C=O) groups is 3. The van der Waals surface area contributed by atoms with E-state index in [-0.39, 0.29) is 43.1 Å². The zero-order valence-electron chi connectivity index (χ0n) is 13.2. The number of hydrogen-bond acceptors (Lipinski definition) is 5. The molecule has 1 heterocycles. The standard InChI is InChI=1S/C17H18N2O5/c1-12(20)13-4-6-14(7-5-13)24-11-16(21)18-8-9-19-17(22)15-3-2-10-23-15/h2-7,10H,8-9,11H2,1H3,(H,18,21)(H,19,22). The summed E-state index contributed by atoms with van der Waals surface area (Å²) in [6.45, 7) is 1.88. The van der Waals surface area contributed by atoms with Crippen LogP contribution in [-0.4, -0.2) is 37.3 Å². The molecule has 7 nitrogen and oxygen atoms in total. The second-order valence-electron chi connectivity index (χ2n) is 4.95. The molecule has 0 aliphatic carbocycles. The number of furan rings is 1. The predicted molar refractivity (Wildman–Crippen MR) is 86.0 cm³/mol. The summed E-state index contributed by atoms with van der Waals surface area (Å²) in [5, 5.41) is 5.23. The number of amides is 2. The Kier molecular flexibility index (Phi) is 6.13. The van der Waals surface area contributed by atoms with E-state index in [0.717, 1.165) is 0 Å². The third-order valence-electron chi connectivity index (χ3n) is 3.11. The summed E-state index contributed by atoms with van der Waals surface area (Å²) in [6, 6.07) is 9.72. The molecule has 0 aliphatic heterocycles. The van der Waals surface area contributed by atoms with Crippen molar-refractivity contribution in [2.24, 2.45) is 0 Å². The van der Waals surface area contributed by atoms with Gasteiger partial charge in [0.1, 0.15) is 5.75 Å².